The van der Waals surface area contributed by atoms with Crippen LogP contribution >= 0.6 is 0 Å². The van der Waals surface area contributed by atoms with E-state index in [0.717, 1.165) is 6.42 Å². The maximum Gasteiger partial charge on any atom is 0.290 e. The van der Waals surface area contributed by atoms with Gasteiger partial charge in [-0.1, -0.05) is 30.3 Å². The lowest BCUT2D eigenvalue weighted by molar-refractivity contribution is -0.141. The van der Waals surface area contributed by atoms with Gasteiger partial charge in [-0.05, 0) is 38.4 Å². The molecule has 3 unspecified atom stereocenters. The molecule has 1 aliphatic heterocycles. The number of amides is 4. The number of likely N-dealkylation sites (tertiary alicyclic amines) is 1. The molecule has 0 aliphatic carbocycles. The molecular weight excluding hydrogens is 476 g/mol. The number of alkyl halides is 2. The highest BCUT2D eigenvalue weighted by Crippen LogP contribution is 2.16. The largest absolute Gasteiger partial charge is 0.347 e. The number of halogens is 2. The van der Waals surface area contributed by atoms with Crippen molar-refractivity contribution in [1.82, 2.24) is 25.8 Å². The molecule has 3 atom stereocenters. The van der Waals surface area contributed by atoms with E-state index >= 15 is 0 Å². The van der Waals surface area contributed by atoms with E-state index in [9.17, 15) is 32.8 Å². The number of benzene rings is 1. The van der Waals surface area contributed by atoms with Gasteiger partial charge in [-0.15, -0.1) is 0 Å². The lowest BCUT2D eigenvalue weighted by Gasteiger charge is -2.23. The fourth-order valence-electron chi connectivity index (χ4n) is 3.88. The molecule has 1 fully saturated rings. The normalized spacial score (nSPS) is 17.2. The van der Waals surface area contributed by atoms with Gasteiger partial charge >= 0.3 is 0 Å². The molecule has 10 nitrogen and oxygen atoms in total. The van der Waals surface area contributed by atoms with Crippen molar-refractivity contribution < 1.29 is 32.8 Å². The number of likely N-dealkylation sites (N-methyl/N-ethyl adjacent to an activating group) is 2. The number of carbonyl (C=O) groups is 5. The maximum absolute atomic E-state index is 12.8. The van der Waals surface area contributed by atoms with Crippen LogP contribution in [0.25, 0.3) is 0 Å². The van der Waals surface area contributed by atoms with Gasteiger partial charge in [-0.3, -0.25) is 28.9 Å². The Morgan fingerprint density at radius 3 is 2.28 bits per heavy atom. The van der Waals surface area contributed by atoms with Gasteiger partial charge in [0.15, 0.2) is 0 Å². The second kappa shape index (κ2) is 13.6. The molecule has 1 aromatic carbocycles. The number of nitrogens with one attached hydrogen (secondary N) is 3. The van der Waals surface area contributed by atoms with E-state index in [1.54, 1.807) is 42.3 Å². The third-order valence-electron chi connectivity index (χ3n) is 5.89. The Hall–Kier alpha value is -3.41. The molecule has 36 heavy (non-hydrogen) atoms. The van der Waals surface area contributed by atoms with Gasteiger partial charge in [-0.25, -0.2) is 8.78 Å². The van der Waals surface area contributed by atoms with Crippen LogP contribution in [-0.2, 0) is 24.0 Å². The summed E-state index contributed by atoms with van der Waals surface area (Å²) in [6.45, 7) is 0.0547. The van der Waals surface area contributed by atoms with Crippen LogP contribution < -0.4 is 16.0 Å². The van der Waals surface area contributed by atoms with Gasteiger partial charge in [0.2, 0.25) is 29.9 Å². The first-order valence-corrected chi connectivity index (χ1v) is 11.7. The quantitative estimate of drug-likeness (QED) is 0.347. The summed E-state index contributed by atoms with van der Waals surface area (Å²) in [4.78, 5) is 65.8. The van der Waals surface area contributed by atoms with Crippen molar-refractivity contribution in [3.63, 3.8) is 0 Å². The SMILES string of the molecule is CN(C)C(=O)C(NC(=O)CNC(=O)C(=O)C(CCC(F)F)NC(=O)C1CCCN1C)c1ccccc1. The average molecular weight is 510 g/mol. The highest BCUT2D eigenvalue weighted by atomic mass is 19.3. The van der Waals surface area contributed by atoms with Crippen LogP contribution in [0, 0.1) is 0 Å². The van der Waals surface area contributed by atoms with Crippen molar-refractivity contribution in [3.05, 3.63) is 35.9 Å². The molecule has 12 heteroatoms. The van der Waals surface area contributed by atoms with E-state index in [4.69, 9.17) is 0 Å². The molecule has 0 radical (unpaired) electrons. The van der Waals surface area contributed by atoms with Gasteiger partial charge in [0.05, 0.1) is 18.6 Å². The zero-order valence-corrected chi connectivity index (χ0v) is 20.6. The number of hydrogen-bond donors (Lipinski definition) is 3. The van der Waals surface area contributed by atoms with Gasteiger partial charge in [0.25, 0.3) is 5.91 Å². The smallest absolute Gasteiger partial charge is 0.290 e. The van der Waals surface area contributed by atoms with Gasteiger partial charge < -0.3 is 20.9 Å². The molecule has 1 aromatic rings. The number of ketones is 1. The molecular formula is C24H33F2N5O5. The van der Waals surface area contributed by atoms with Crippen molar-refractivity contribution in [3.8, 4) is 0 Å². The fraction of sp³-hybridized carbons (Fsp3) is 0.542. The first-order valence-electron chi connectivity index (χ1n) is 11.7. The molecule has 0 spiro atoms. The van der Waals surface area contributed by atoms with Crippen LogP contribution in [0.3, 0.4) is 0 Å². The molecule has 2 rings (SSSR count). The predicted molar refractivity (Wildman–Crippen MR) is 127 cm³/mol. The van der Waals surface area contributed by atoms with Crippen LogP contribution in [-0.4, -0.2) is 92.0 Å². The van der Waals surface area contributed by atoms with Gasteiger partial charge in [0, 0.05) is 20.5 Å². The Kier molecular flexibility index (Phi) is 10.9. The topological polar surface area (TPSA) is 128 Å². The molecule has 3 N–H and O–H groups in total. The average Bonchev–Trinajstić information content (AvgIpc) is 3.28. The van der Waals surface area contributed by atoms with E-state index in [0.29, 0.717) is 18.5 Å². The fourth-order valence-corrected chi connectivity index (χ4v) is 3.88. The van der Waals surface area contributed by atoms with E-state index in [1.165, 1.54) is 19.0 Å². The van der Waals surface area contributed by atoms with Crippen molar-refractivity contribution in [2.45, 2.75) is 50.2 Å². The molecule has 198 valence electrons. The zero-order chi connectivity index (χ0) is 26.8. The number of rotatable bonds is 12. The summed E-state index contributed by atoms with van der Waals surface area (Å²) in [7, 11) is 4.80. The summed E-state index contributed by atoms with van der Waals surface area (Å²) in [6.07, 6.45) is -2.50. The summed E-state index contributed by atoms with van der Waals surface area (Å²) in [5.74, 6) is -3.97. The standard InChI is InChI=1S/C24H33F2N5O5/c1-30(2)24(36)20(15-8-5-4-6-9-15)29-19(32)14-27-23(35)21(33)16(11-12-18(25)26)28-22(34)17-10-7-13-31(17)3/h4-6,8-9,16-18,20H,7,10-14H2,1-3H3,(H,27,35)(H,28,34)(H,29,32). The van der Waals surface area contributed by atoms with Crippen LogP contribution in [0.2, 0.25) is 0 Å². The van der Waals surface area contributed by atoms with Crippen LogP contribution in [0.15, 0.2) is 30.3 Å². The Balaban J connectivity index is 2.00. The maximum atomic E-state index is 12.8. The van der Waals surface area contributed by atoms with Crippen molar-refractivity contribution >= 4 is 29.4 Å². The van der Waals surface area contributed by atoms with E-state index in [-0.39, 0.29) is 0 Å². The van der Waals surface area contributed by atoms with Crippen molar-refractivity contribution in [2.24, 2.45) is 0 Å². The van der Waals surface area contributed by atoms with Crippen LogP contribution in [0.4, 0.5) is 8.78 Å². The minimum Gasteiger partial charge on any atom is -0.347 e. The summed E-state index contributed by atoms with van der Waals surface area (Å²) in [6, 6.07) is 5.51. The Labute approximate surface area is 208 Å². The minimum absolute atomic E-state index is 0.399. The monoisotopic (exact) mass is 509 g/mol. The molecule has 4 amide bonds. The van der Waals surface area contributed by atoms with Crippen LogP contribution in [0.5, 0.6) is 0 Å². The summed E-state index contributed by atoms with van der Waals surface area (Å²) >= 11 is 0. The second-order valence-electron chi connectivity index (χ2n) is 8.86. The molecule has 1 saturated heterocycles. The number of hydrogen-bond acceptors (Lipinski definition) is 6. The van der Waals surface area contributed by atoms with Gasteiger partial charge in [-0.2, -0.15) is 0 Å². The highest BCUT2D eigenvalue weighted by Gasteiger charge is 2.33. The third-order valence-corrected chi connectivity index (χ3v) is 5.89. The Morgan fingerprint density at radius 1 is 1.06 bits per heavy atom. The predicted octanol–water partition coefficient (Wildman–Crippen LogP) is 0.242. The molecule has 0 aromatic heterocycles. The lowest BCUT2D eigenvalue weighted by Crippen LogP contribution is -2.53. The molecule has 0 saturated carbocycles. The summed E-state index contributed by atoms with van der Waals surface area (Å²) < 4.78 is 25.6. The second-order valence-corrected chi connectivity index (χ2v) is 8.86. The first kappa shape index (κ1) is 28.8. The molecule has 0 bridgehead atoms. The van der Waals surface area contributed by atoms with Crippen molar-refractivity contribution in [1.29, 1.82) is 0 Å². The zero-order valence-electron chi connectivity index (χ0n) is 20.6. The van der Waals surface area contributed by atoms with Crippen LogP contribution in [0.1, 0.15) is 37.3 Å². The van der Waals surface area contributed by atoms with E-state index < -0.39 is 73.3 Å². The van der Waals surface area contributed by atoms with Gasteiger partial charge in [0.1, 0.15) is 6.04 Å². The highest BCUT2D eigenvalue weighted by molar-refractivity contribution is 6.38. The minimum atomic E-state index is -2.72. The van der Waals surface area contributed by atoms with Crippen molar-refractivity contribution in [2.75, 3.05) is 34.2 Å². The number of nitrogens with zero attached hydrogens (tertiary/aromatic N) is 2. The summed E-state index contributed by atoms with van der Waals surface area (Å²) in [5, 5.41) is 7.09. The Morgan fingerprint density at radius 2 is 1.72 bits per heavy atom. The first-order chi connectivity index (χ1) is 17.0. The van der Waals surface area contributed by atoms with E-state index in [1.807, 2.05) is 0 Å². The van der Waals surface area contributed by atoms with E-state index in [2.05, 4.69) is 16.0 Å². The molecule has 1 heterocycles. The third kappa shape index (κ3) is 8.36. The number of Topliss-reactive ketones (excluding diaryl/α,β-unsaturated/α-hetero) is 1. The molecule has 1 aliphatic rings. The summed E-state index contributed by atoms with van der Waals surface area (Å²) in [5.41, 5.74) is 0.526. The lowest BCUT2D eigenvalue weighted by atomic mass is 10.0. The number of carbonyl (C=O) groups excluding carboxylic acids is 5. The Bertz CT molecular complexity index is 944.